The summed E-state index contributed by atoms with van der Waals surface area (Å²) >= 11 is 0. The number of H-pyrrole nitrogens is 1. The van der Waals surface area contributed by atoms with E-state index < -0.39 is 0 Å². The van der Waals surface area contributed by atoms with Gasteiger partial charge in [-0.05, 0) is 30.9 Å². The molecule has 1 aromatic heterocycles. The normalized spacial score (nSPS) is 19.2. The van der Waals surface area contributed by atoms with Gasteiger partial charge in [0.1, 0.15) is 0 Å². The lowest BCUT2D eigenvalue weighted by atomic mass is 10.1. The van der Waals surface area contributed by atoms with Crippen LogP contribution < -0.4 is 10.5 Å². The molecule has 0 bridgehead atoms. The minimum atomic E-state index is 0.175. The SMILES string of the molecule is COc1ccc([C@H](N)C2CC2)[nH]1. The highest BCUT2D eigenvalue weighted by Crippen LogP contribution is 2.39. The van der Waals surface area contributed by atoms with Gasteiger partial charge in [-0.2, -0.15) is 0 Å². The summed E-state index contributed by atoms with van der Waals surface area (Å²) in [6.45, 7) is 0. The summed E-state index contributed by atoms with van der Waals surface area (Å²) in [7, 11) is 1.65. The molecule has 1 heterocycles. The Bertz CT molecular complexity index is 265. The first-order valence-electron chi connectivity index (χ1n) is 4.29. The van der Waals surface area contributed by atoms with E-state index in [1.165, 1.54) is 12.8 Å². The highest BCUT2D eigenvalue weighted by atomic mass is 16.5. The molecule has 1 atom stereocenters. The van der Waals surface area contributed by atoms with E-state index in [0.29, 0.717) is 5.92 Å². The molecule has 2 rings (SSSR count). The Morgan fingerprint density at radius 1 is 1.58 bits per heavy atom. The van der Waals surface area contributed by atoms with Crippen LogP contribution in [0.5, 0.6) is 5.88 Å². The molecule has 12 heavy (non-hydrogen) atoms. The van der Waals surface area contributed by atoms with Gasteiger partial charge < -0.3 is 15.5 Å². The lowest BCUT2D eigenvalue weighted by Gasteiger charge is -2.06. The molecule has 1 saturated carbocycles. The summed E-state index contributed by atoms with van der Waals surface area (Å²) in [6, 6.07) is 4.09. The van der Waals surface area contributed by atoms with E-state index in [9.17, 15) is 0 Å². The zero-order valence-corrected chi connectivity index (χ0v) is 7.21. The van der Waals surface area contributed by atoms with Crippen molar-refractivity contribution in [1.82, 2.24) is 4.98 Å². The molecule has 3 nitrogen and oxygen atoms in total. The fraction of sp³-hybridized carbons (Fsp3) is 0.556. The van der Waals surface area contributed by atoms with E-state index in [2.05, 4.69) is 4.98 Å². The molecular formula is C9H14N2O. The Morgan fingerprint density at radius 2 is 2.33 bits per heavy atom. The smallest absolute Gasteiger partial charge is 0.190 e. The number of hydrogen-bond acceptors (Lipinski definition) is 2. The molecule has 1 aliphatic carbocycles. The first-order chi connectivity index (χ1) is 5.81. The molecule has 3 N–H and O–H groups in total. The van der Waals surface area contributed by atoms with Gasteiger partial charge in [0.15, 0.2) is 5.88 Å². The number of nitrogens with two attached hydrogens (primary N) is 1. The Balaban J connectivity index is 2.10. The van der Waals surface area contributed by atoms with Gasteiger partial charge in [-0.3, -0.25) is 0 Å². The third-order valence-corrected chi connectivity index (χ3v) is 2.39. The average Bonchev–Trinajstić information content (AvgIpc) is 2.82. The Hall–Kier alpha value is -0.960. The third-order valence-electron chi connectivity index (χ3n) is 2.39. The number of rotatable bonds is 3. The first kappa shape index (κ1) is 7.68. The predicted molar refractivity (Wildman–Crippen MR) is 47.0 cm³/mol. The van der Waals surface area contributed by atoms with Gasteiger partial charge >= 0.3 is 0 Å². The Labute approximate surface area is 71.9 Å². The van der Waals surface area contributed by atoms with Crippen molar-refractivity contribution in [2.45, 2.75) is 18.9 Å². The van der Waals surface area contributed by atoms with Crippen LogP contribution in [0, 0.1) is 5.92 Å². The van der Waals surface area contributed by atoms with Crippen LogP contribution in [0.4, 0.5) is 0 Å². The van der Waals surface area contributed by atoms with Crippen molar-refractivity contribution in [1.29, 1.82) is 0 Å². The molecule has 0 aromatic carbocycles. The highest BCUT2D eigenvalue weighted by molar-refractivity contribution is 5.21. The van der Waals surface area contributed by atoms with Gasteiger partial charge in [-0.25, -0.2) is 0 Å². The number of aromatic amines is 1. The maximum Gasteiger partial charge on any atom is 0.190 e. The molecule has 0 amide bonds. The fourth-order valence-corrected chi connectivity index (χ4v) is 1.41. The van der Waals surface area contributed by atoms with Crippen LogP contribution in [-0.4, -0.2) is 12.1 Å². The number of aromatic nitrogens is 1. The van der Waals surface area contributed by atoms with Crippen LogP contribution in [-0.2, 0) is 0 Å². The van der Waals surface area contributed by atoms with E-state index in [-0.39, 0.29) is 6.04 Å². The molecule has 1 aliphatic rings. The zero-order chi connectivity index (χ0) is 8.55. The molecule has 1 aromatic rings. The van der Waals surface area contributed by atoms with E-state index in [0.717, 1.165) is 11.6 Å². The molecule has 0 saturated heterocycles. The van der Waals surface area contributed by atoms with Crippen molar-refractivity contribution in [3.63, 3.8) is 0 Å². The first-order valence-corrected chi connectivity index (χ1v) is 4.29. The lowest BCUT2D eigenvalue weighted by molar-refractivity contribution is 0.398. The Kier molecular flexibility index (Phi) is 1.81. The van der Waals surface area contributed by atoms with Crippen LogP contribution >= 0.6 is 0 Å². The monoisotopic (exact) mass is 166 g/mol. The van der Waals surface area contributed by atoms with Gasteiger partial charge in [-0.15, -0.1) is 0 Å². The second kappa shape index (κ2) is 2.83. The second-order valence-corrected chi connectivity index (χ2v) is 3.35. The van der Waals surface area contributed by atoms with Crippen LogP contribution in [0.25, 0.3) is 0 Å². The molecule has 66 valence electrons. The van der Waals surface area contributed by atoms with E-state index in [1.54, 1.807) is 7.11 Å². The number of hydrogen-bond donors (Lipinski definition) is 2. The second-order valence-electron chi connectivity index (χ2n) is 3.35. The van der Waals surface area contributed by atoms with Crippen LogP contribution in [0.1, 0.15) is 24.6 Å². The van der Waals surface area contributed by atoms with Crippen molar-refractivity contribution in [2.75, 3.05) is 7.11 Å². The molecule has 0 unspecified atom stereocenters. The van der Waals surface area contributed by atoms with Gasteiger partial charge in [0.25, 0.3) is 0 Å². The third kappa shape index (κ3) is 1.32. The molecule has 0 spiro atoms. The Morgan fingerprint density at radius 3 is 2.83 bits per heavy atom. The minimum absolute atomic E-state index is 0.175. The van der Waals surface area contributed by atoms with Gasteiger partial charge in [0, 0.05) is 11.7 Å². The quantitative estimate of drug-likeness (QED) is 0.713. The zero-order valence-electron chi connectivity index (χ0n) is 7.21. The average molecular weight is 166 g/mol. The lowest BCUT2D eigenvalue weighted by Crippen LogP contribution is -2.12. The molecule has 0 aliphatic heterocycles. The molecule has 3 heteroatoms. The predicted octanol–water partition coefficient (Wildman–Crippen LogP) is 1.43. The largest absolute Gasteiger partial charge is 0.482 e. The number of ether oxygens (including phenoxy) is 1. The summed E-state index contributed by atoms with van der Waals surface area (Å²) in [4.78, 5) is 3.14. The summed E-state index contributed by atoms with van der Waals surface area (Å²) < 4.78 is 5.03. The molecule has 0 radical (unpaired) electrons. The van der Waals surface area contributed by atoms with E-state index in [4.69, 9.17) is 10.5 Å². The van der Waals surface area contributed by atoms with Crippen LogP contribution in [0.15, 0.2) is 12.1 Å². The van der Waals surface area contributed by atoms with Gasteiger partial charge in [0.05, 0.1) is 7.11 Å². The van der Waals surface area contributed by atoms with Crippen LogP contribution in [0.2, 0.25) is 0 Å². The summed E-state index contributed by atoms with van der Waals surface area (Å²) in [6.07, 6.45) is 2.53. The number of nitrogens with one attached hydrogen (secondary N) is 1. The standard InChI is InChI=1S/C9H14N2O/c1-12-8-5-4-7(11-8)9(10)6-2-3-6/h4-6,9,11H,2-3,10H2,1H3/t9-/m1/s1. The van der Waals surface area contributed by atoms with Gasteiger partial charge in [0.2, 0.25) is 0 Å². The van der Waals surface area contributed by atoms with E-state index >= 15 is 0 Å². The minimum Gasteiger partial charge on any atom is -0.482 e. The van der Waals surface area contributed by atoms with Crippen molar-refractivity contribution in [3.05, 3.63) is 17.8 Å². The topological polar surface area (TPSA) is 51.0 Å². The molecule has 1 fully saturated rings. The summed E-state index contributed by atoms with van der Waals surface area (Å²) in [5.74, 6) is 1.48. The van der Waals surface area contributed by atoms with Gasteiger partial charge in [-0.1, -0.05) is 0 Å². The van der Waals surface area contributed by atoms with Crippen molar-refractivity contribution < 1.29 is 4.74 Å². The van der Waals surface area contributed by atoms with E-state index in [1.807, 2.05) is 12.1 Å². The van der Waals surface area contributed by atoms with Crippen molar-refractivity contribution >= 4 is 0 Å². The van der Waals surface area contributed by atoms with Crippen molar-refractivity contribution in [3.8, 4) is 5.88 Å². The summed E-state index contributed by atoms with van der Waals surface area (Å²) in [5, 5.41) is 0. The fourth-order valence-electron chi connectivity index (χ4n) is 1.41. The van der Waals surface area contributed by atoms with Crippen molar-refractivity contribution in [2.24, 2.45) is 11.7 Å². The number of methoxy groups -OCH3 is 1. The maximum atomic E-state index is 5.98. The molecular weight excluding hydrogens is 152 g/mol. The highest BCUT2D eigenvalue weighted by Gasteiger charge is 2.30. The summed E-state index contributed by atoms with van der Waals surface area (Å²) in [5.41, 5.74) is 7.07. The maximum absolute atomic E-state index is 5.98. The van der Waals surface area contributed by atoms with Crippen LogP contribution in [0.3, 0.4) is 0 Å².